The second kappa shape index (κ2) is 5.43. The number of rotatable bonds is 3. The van der Waals surface area contributed by atoms with Crippen LogP contribution in [0.3, 0.4) is 0 Å². The number of aliphatic imine (C=N–C) groups is 1. The molecule has 0 aliphatic carbocycles. The number of thioether (sulfide) groups is 1. The molecule has 0 aromatic carbocycles. The number of nitrogens with one attached hydrogen (secondary N) is 1. The normalized spacial score (nSPS) is 23.7. The summed E-state index contributed by atoms with van der Waals surface area (Å²) in [5.41, 5.74) is 1.13. The fourth-order valence-corrected chi connectivity index (χ4v) is 2.65. The average molecular weight is 238 g/mol. The Kier molecular flexibility index (Phi) is 3.93. The van der Waals surface area contributed by atoms with Crippen LogP contribution in [0.25, 0.3) is 0 Å². The largest absolute Gasteiger partial charge is 0.472 e. The lowest BCUT2D eigenvalue weighted by Gasteiger charge is -2.28. The smallest absolute Gasteiger partial charge is 0.157 e. The third-order valence-electron chi connectivity index (χ3n) is 2.77. The molecule has 0 amide bonds. The average Bonchev–Trinajstić information content (AvgIpc) is 2.79. The Hall–Kier alpha value is -0.900. The Balaban J connectivity index is 1.91. The molecule has 1 saturated heterocycles. The van der Waals surface area contributed by atoms with Crippen LogP contribution in [0.2, 0.25) is 0 Å². The van der Waals surface area contributed by atoms with Gasteiger partial charge in [-0.1, -0.05) is 25.6 Å². The molecular formula is C12H18N2OS. The van der Waals surface area contributed by atoms with Gasteiger partial charge in [0.1, 0.15) is 0 Å². The molecule has 0 saturated carbocycles. The molecule has 1 aliphatic heterocycles. The number of hydrogen-bond acceptors (Lipinski definition) is 3. The van der Waals surface area contributed by atoms with E-state index in [1.807, 2.05) is 17.8 Å². The van der Waals surface area contributed by atoms with E-state index in [9.17, 15) is 0 Å². The highest BCUT2D eigenvalue weighted by molar-refractivity contribution is 8.13. The molecule has 16 heavy (non-hydrogen) atoms. The topological polar surface area (TPSA) is 37.5 Å². The van der Waals surface area contributed by atoms with Crippen molar-refractivity contribution in [3.63, 3.8) is 0 Å². The molecule has 1 aromatic heterocycles. The maximum absolute atomic E-state index is 5.02. The van der Waals surface area contributed by atoms with Crippen LogP contribution in [0.4, 0.5) is 0 Å². The molecule has 1 aliphatic rings. The van der Waals surface area contributed by atoms with Crippen LogP contribution in [0.1, 0.15) is 25.8 Å². The van der Waals surface area contributed by atoms with Crippen molar-refractivity contribution in [2.24, 2.45) is 10.9 Å². The van der Waals surface area contributed by atoms with Crippen LogP contribution < -0.4 is 5.32 Å². The molecular weight excluding hydrogens is 220 g/mol. The van der Waals surface area contributed by atoms with Crippen molar-refractivity contribution in [3.05, 3.63) is 24.2 Å². The van der Waals surface area contributed by atoms with Gasteiger partial charge < -0.3 is 9.73 Å². The highest BCUT2D eigenvalue weighted by atomic mass is 32.2. The van der Waals surface area contributed by atoms with Crippen LogP contribution in [-0.4, -0.2) is 17.0 Å². The van der Waals surface area contributed by atoms with E-state index in [2.05, 4.69) is 24.2 Å². The minimum absolute atomic E-state index is 0.573. The Morgan fingerprint density at radius 1 is 1.62 bits per heavy atom. The highest BCUT2D eigenvalue weighted by Crippen LogP contribution is 2.19. The third-order valence-corrected chi connectivity index (χ3v) is 3.73. The predicted molar refractivity (Wildman–Crippen MR) is 68.7 cm³/mol. The van der Waals surface area contributed by atoms with Crippen molar-refractivity contribution in [2.75, 3.05) is 5.75 Å². The number of nitrogens with zero attached hydrogens (tertiary/aromatic N) is 1. The molecule has 88 valence electrons. The zero-order valence-electron chi connectivity index (χ0n) is 9.77. The summed E-state index contributed by atoms with van der Waals surface area (Å²) >= 11 is 1.81. The Morgan fingerprint density at radius 2 is 2.50 bits per heavy atom. The van der Waals surface area contributed by atoms with E-state index in [-0.39, 0.29) is 0 Å². The molecule has 1 fully saturated rings. The Morgan fingerprint density at radius 3 is 3.19 bits per heavy atom. The first-order chi connectivity index (χ1) is 7.75. The van der Waals surface area contributed by atoms with E-state index < -0.39 is 0 Å². The molecule has 2 rings (SSSR count). The SMILES string of the molecule is CC(C)C1CCSC(=NCc2ccoc2)N1. The Bertz CT molecular complexity index is 346. The second-order valence-corrected chi connectivity index (χ2v) is 5.47. The fourth-order valence-electron chi connectivity index (χ4n) is 1.69. The molecule has 1 N–H and O–H groups in total. The molecule has 0 spiro atoms. The fraction of sp³-hybridized carbons (Fsp3) is 0.583. The molecule has 0 radical (unpaired) electrons. The van der Waals surface area contributed by atoms with Gasteiger partial charge in [0.05, 0.1) is 19.1 Å². The summed E-state index contributed by atoms with van der Waals surface area (Å²) in [4.78, 5) is 4.57. The second-order valence-electron chi connectivity index (χ2n) is 4.38. The van der Waals surface area contributed by atoms with E-state index in [1.165, 1.54) is 12.2 Å². The van der Waals surface area contributed by atoms with E-state index in [0.717, 1.165) is 10.7 Å². The van der Waals surface area contributed by atoms with Crippen LogP contribution >= 0.6 is 11.8 Å². The van der Waals surface area contributed by atoms with Gasteiger partial charge in [0.15, 0.2) is 5.17 Å². The van der Waals surface area contributed by atoms with Crippen molar-refractivity contribution in [1.29, 1.82) is 0 Å². The van der Waals surface area contributed by atoms with Crippen molar-refractivity contribution < 1.29 is 4.42 Å². The van der Waals surface area contributed by atoms with Crippen molar-refractivity contribution in [2.45, 2.75) is 32.9 Å². The van der Waals surface area contributed by atoms with Gasteiger partial charge in [0.2, 0.25) is 0 Å². The van der Waals surface area contributed by atoms with Crippen molar-refractivity contribution >= 4 is 16.9 Å². The molecule has 4 heteroatoms. The van der Waals surface area contributed by atoms with Crippen LogP contribution in [0.5, 0.6) is 0 Å². The summed E-state index contributed by atoms with van der Waals surface area (Å²) < 4.78 is 5.02. The number of amidine groups is 1. The third kappa shape index (κ3) is 3.04. The van der Waals surface area contributed by atoms with Crippen LogP contribution in [0.15, 0.2) is 28.0 Å². The van der Waals surface area contributed by atoms with Gasteiger partial charge in [-0.15, -0.1) is 0 Å². The molecule has 1 aromatic rings. The first-order valence-electron chi connectivity index (χ1n) is 5.70. The summed E-state index contributed by atoms with van der Waals surface area (Å²) in [5, 5.41) is 4.57. The van der Waals surface area contributed by atoms with Gasteiger partial charge in [-0.3, -0.25) is 4.99 Å². The summed E-state index contributed by atoms with van der Waals surface area (Å²) in [6.07, 6.45) is 4.67. The first-order valence-corrected chi connectivity index (χ1v) is 6.69. The molecule has 2 heterocycles. The maximum atomic E-state index is 5.02. The van der Waals surface area contributed by atoms with Gasteiger partial charge in [0.25, 0.3) is 0 Å². The predicted octanol–water partition coefficient (Wildman–Crippen LogP) is 2.89. The van der Waals surface area contributed by atoms with Crippen molar-refractivity contribution in [1.82, 2.24) is 5.32 Å². The van der Waals surface area contributed by atoms with Crippen LogP contribution in [0, 0.1) is 5.92 Å². The van der Waals surface area contributed by atoms with E-state index in [4.69, 9.17) is 4.42 Å². The van der Waals surface area contributed by atoms with Gasteiger partial charge in [-0.2, -0.15) is 0 Å². The summed E-state index contributed by atoms with van der Waals surface area (Å²) in [6, 6.07) is 2.53. The minimum Gasteiger partial charge on any atom is -0.472 e. The lowest BCUT2D eigenvalue weighted by Crippen LogP contribution is -2.41. The monoisotopic (exact) mass is 238 g/mol. The van der Waals surface area contributed by atoms with Crippen molar-refractivity contribution in [3.8, 4) is 0 Å². The first kappa shape index (κ1) is 11.6. The summed E-state index contributed by atoms with van der Waals surface area (Å²) in [6.45, 7) is 5.21. The van der Waals surface area contributed by atoms with E-state index in [1.54, 1.807) is 12.5 Å². The molecule has 3 nitrogen and oxygen atoms in total. The standard InChI is InChI=1S/C12H18N2OS/c1-9(2)11-4-6-16-12(14-11)13-7-10-3-5-15-8-10/h3,5,8-9,11H,4,6-7H2,1-2H3,(H,13,14). The lowest BCUT2D eigenvalue weighted by atomic mass is 10.0. The number of hydrogen-bond donors (Lipinski definition) is 1. The zero-order valence-corrected chi connectivity index (χ0v) is 10.6. The van der Waals surface area contributed by atoms with E-state index in [0.29, 0.717) is 18.5 Å². The van der Waals surface area contributed by atoms with Gasteiger partial charge >= 0.3 is 0 Å². The maximum Gasteiger partial charge on any atom is 0.157 e. The molecule has 0 bridgehead atoms. The van der Waals surface area contributed by atoms with Gasteiger partial charge in [0, 0.05) is 17.4 Å². The zero-order chi connectivity index (χ0) is 11.4. The lowest BCUT2D eigenvalue weighted by molar-refractivity contribution is 0.442. The summed E-state index contributed by atoms with van der Waals surface area (Å²) in [5.74, 6) is 1.83. The highest BCUT2D eigenvalue weighted by Gasteiger charge is 2.19. The van der Waals surface area contributed by atoms with Gasteiger partial charge in [-0.05, 0) is 18.4 Å². The molecule has 1 unspecified atom stereocenters. The number of furan rings is 1. The Labute approximate surface area is 101 Å². The summed E-state index contributed by atoms with van der Waals surface area (Å²) in [7, 11) is 0. The minimum atomic E-state index is 0.573. The molecule has 1 atom stereocenters. The van der Waals surface area contributed by atoms with Crippen LogP contribution in [-0.2, 0) is 6.54 Å². The van der Waals surface area contributed by atoms with Gasteiger partial charge in [-0.25, -0.2) is 0 Å². The quantitative estimate of drug-likeness (QED) is 0.880. The van der Waals surface area contributed by atoms with E-state index >= 15 is 0 Å².